The zero-order chi connectivity index (χ0) is 22.1. The van der Waals surface area contributed by atoms with E-state index >= 15 is 0 Å². The largest absolute Gasteiger partial charge is 0.383 e. The number of methoxy groups -OCH3 is 1. The van der Waals surface area contributed by atoms with Crippen LogP contribution in [0.2, 0.25) is 0 Å². The van der Waals surface area contributed by atoms with Gasteiger partial charge in [0.25, 0.3) is 5.91 Å². The number of hydrogen-bond acceptors (Lipinski definition) is 5. The third-order valence-corrected chi connectivity index (χ3v) is 5.84. The molecule has 2 aromatic carbocycles. The minimum absolute atomic E-state index is 0.130. The number of imide groups is 1. The van der Waals surface area contributed by atoms with Gasteiger partial charge in [0.05, 0.1) is 22.5 Å². The molecule has 0 saturated carbocycles. The van der Waals surface area contributed by atoms with Crippen molar-refractivity contribution in [1.82, 2.24) is 4.57 Å². The van der Waals surface area contributed by atoms with Crippen molar-refractivity contribution in [2.24, 2.45) is 4.99 Å². The number of ether oxygens (including phenoxy) is 1. The smallest absolute Gasteiger partial charge is 0.279 e. The zero-order valence-corrected chi connectivity index (χ0v) is 17.2. The lowest BCUT2D eigenvalue weighted by Gasteiger charge is -2.14. The molecular formula is C21H17F2N3O4S. The summed E-state index contributed by atoms with van der Waals surface area (Å²) in [7, 11) is 1.49. The summed E-state index contributed by atoms with van der Waals surface area (Å²) in [5, 5.41) is 0. The van der Waals surface area contributed by atoms with E-state index in [-0.39, 0.29) is 53.7 Å². The van der Waals surface area contributed by atoms with Crippen LogP contribution in [0.15, 0.2) is 41.4 Å². The maximum absolute atomic E-state index is 14.4. The second-order valence-corrected chi connectivity index (χ2v) is 7.86. The van der Waals surface area contributed by atoms with Crippen molar-refractivity contribution in [3.63, 3.8) is 0 Å². The SMILES string of the molecule is COCCn1c(=NC(=O)c2cccc(N3C(=O)CCC3=O)c2)sc2cc(F)cc(F)c21. The van der Waals surface area contributed by atoms with Crippen molar-refractivity contribution in [3.8, 4) is 0 Å². The average molecular weight is 445 g/mol. The fraction of sp³-hybridized carbons (Fsp3) is 0.238. The molecule has 31 heavy (non-hydrogen) atoms. The maximum atomic E-state index is 14.4. The Balaban J connectivity index is 1.77. The van der Waals surface area contributed by atoms with E-state index in [0.717, 1.165) is 22.3 Å². The normalized spacial score (nSPS) is 14.8. The molecular weight excluding hydrogens is 428 g/mol. The molecule has 0 atom stereocenters. The van der Waals surface area contributed by atoms with Crippen LogP contribution < -0.4 is 9.70 Å². The van der Waals surface area contributed by atoms with Crippen LogP contribution in [0.1, 0.15) is 23.2 Å². The van der Waals surface area contributed by atoms with Gasteiger partial charge in [-0.3, -0.25) is 19.3 Å². The van der Waals surface area contributed by atoms with Gasteiger partial charge in [-0.15, -0.1) is 0 Å². The molecule has 3 amide bonds. The molecule has 1 aliphatic heterocycles. The van der Waals surface area contributed by atoms with E-state index in [9.17, 15) is 23.2 Å². The zero-order valence-electron chi connectivity index (χ0n) is 16.4. The number of carbonyl (C=O) groups excluding carboxylic acids is 3. The van der Waals surface area contributed by atoms with Crippen LogP contribution in [-0.4, -0.2) is 36.0 Å². The van der Waals surface area contributed by atoms with Crippen LogP contribution >= 0.6 is 11.3 Å². The van der Waals surface area contributed by atoms with E-state index in [4.69, 9.17) is 4.74 Å². The monoisotopic (exact) mass is 445 g/mol. The number of halogens is 2. The number of rotatable bonds is 5. The number of hydrogen-bond donors (Lipinski definition) is 0. The Kier molecular flexibility index (Phi) is 5.75. The fourth-order valence-electron chi connectivity index (χ4n) is 3.40. The van der Waals surface area contributed by atoms with Crippen molar-refractivity contribution in [2.75, 3.05) is 18.6 Å². The van der Waals surface area contributed by atoms with Crippen LogP contribution in [-0.2, 0) is 20.9 Å². The van der Waals surface area contributed by atoms with E-state index in [1.807, 2.05) is 0 Å². The molecule has 7 nitrogen and oxygen atoms in total. The van der Waals surface area contributed by atoms with E-state index < -0.39 is 17.5 Å². The average Bonchev–Trinajstić information content (AvgIpc) is 3.25. The van der Waals surface area contributed by atoms with Crippen LogP contribution in [0.3, 0.4) is 0 Å². The summed E-state index contributed by atoms with van der Waals surface area (Å²) in [5.41, 5.74) is 0.592. The Labute approximate surface area is 179 Å². The number of thiazole rings is 1. The van der Waals surface area contributed by atoms with Gasteiger partial charge in [-0.05, 0) is 24.3 Å². The lowest BCUT2D eigenvalue weighted by Crippen LogP contribution is -2.28. The molecule has 1 fully saturated rings. The van der Waals surface area contributed by atoms with E-state index in [2.05, 4.69) is 4.99 Å². The Bertz CT molecular complexity index is 1270. The second kappa shape index (κ2) is 8.48. The molecule has 0 unspecified atom stereocenters. The number of amides is 3. The van der Waals surface area contributed by atoms with Crippen molar-refractivity contribution in [3.05, 3.63) is 58.4 Å². The standard InChI is InChI=1S/C21H17F2N3O4S/c1-30-8-7-25-19-15(23)10-13(22)11-16(19)31-21(25)24-20(29)12-3-2-4-14(9-12)26-17(27)5-6-18(26)28/h2-4,9-11H,5-8H2,1H3. The number of benzene rings is 2. The van der Waals surface area contributed by atoms with E-state index in [0.29, 0.717) is 10.4 Å². The van der Waals surface area contributed by atoms with Gasteiger partial charge in [-0.25, -0.2) is 8.78 Å². The molecule has 10 heteroatoms. The van der Waals surface area contributed by atoms with Gasteiger partial charge in [0, 0.05) is 38.1 Å². The number of anilines is 1. The van der Waals surface area contributed by atoms with Gasteiger partial charge in [-0.1, -0.05) is 17.4 Å². The first-order valence-electron chi connectivity index (χ1n) is 9.41. The third kappa shape index (κ3) is 4.04. The summed E-state index contributed by atoms with van der Waals surface area (Å²) < 4.78 is 34.9. The highest BCUT2D eigenvalue weighted by Gasteiger charge is 2.30. The van der Waals surface area contributed by atoms with Gasteiger partial charge < -0.3 is 9.30 Å². The molecule has 4 rings (SSSR count). The summed E-state index contributed by atoms with van der Waals surface area (Å²) >= 11 is 0.977. The number of carbonyl (C=O) groups is 3. The molecule has 160 valence electrons. The molecule has 0 spiro atoms. The first-order valence-corrected chi connectivity index (χ1v) is 10.2. The predicted molar refractivity (Wildman–Crippen MR) is 110 cm³/mol. The summed E-state index contributed by atoms with van der Waals surface area (Å²) in [6, 6.07) is 8.00. The second-order valence-electron chi connectivity index (χ2n) is 6.85. The highest BCUT2D eigenvalue weighted by molar-refractivity contribution is 7.16. The molecule has 2 heterocycles. The van der Waals surface area contributed by atoms with Crippen molar-refractivity contribution in [1.29, 1.82) is 0 Å². The molecule has 0 aliphatic carbocycles. The maximum Gasteiger partial charge on any atom is 0.279 e. The van der Waals surface area contributed by atoms with Crippen LogP contribution in [0.25, 0.3) is 10.2 Å². The summed E-state index contributed by atoms with van der Waals surface area (Å²) in [6.07, 6.45) is 0.260. The topological polar surface area (TPSA) is 81.0 Å². The molecule has 0 bridgehead atoms. The molecule has 1 aromatic heterocycles. The quantitative estimate of drug-likeness (QED) is 0.566. The lowest BCUT2D eigenvalue weighted by atomic mass is 10.2. The molecule has 1 aliphatic rings. The van der Waals surface area contributed by atoms with Gasteiger partial charge in [0.1, 0.15) is 5.82 Å². The van der Waals surface area contributed by atoms with Gasteiger partial charge in [0.15, 0.2) is 10.6 Å². The van der Waals surface area contributed by atoms with E-state index in [1.165, 1.54) is 29.9 Å². The molecule has 0 radical (unpaired) electrons. The minimum Gasteiger partial charge on any atom is -0.383 e. The van der Waals surface area contributed by atoms with Gasteiger partial charge in [0.2, 0.25) is 11.8 Å². The Morgan fingerprint density at radius 3 is 2.61 bits per heavy atom. The fourth-order valence-corrected chi connectivity index (χ4v) is 4.49. The van der Waals surface area contributed by atoms with Crippen LogP contribution in [0, 0.1) is 11.6 Å². The summed E-state index contributed by atoms with van der Waals surface area (Å²) in [6.45, 7) is 0.445. The van der Waals surface area contributed by atoms with Crippen molar-refractivity contribution >= 4 is 45.0 Å². The number of fused-ring (bicyclic) bond motifs is 1. The lowest BCUT2D eigenvalue weighted by molar-refractivity contribution is -0.121. The third-order valence-electron chi connectivity index (χ3n) is 4.81. The van der Waals surface area contributed by atoms with Gasteiger partial charge in [-0.2, -0.15) is 4.99 Å². The Hall–Kier alpha value is -3.24. The van der Waals surface area contributed by atoms with Crippen LogP contribution in [0.4, 0.5) is 14.5 Å². The first kappa shape index (κ1) is 21.0. The Morgan fingerprint density at radius 2 is 1.90 bits per heavy atom. The highest BCUT2D eigenvalue weighted by atomic mass is 32.1. The van der Waals surface area contributed by atoms with E-state index in [1.54, 1.807) is 12.1 Å². The molecule has 3 aromatic rings. The molecule has 0 N–H and O–H groups in total. The Morgan fingerprint density at radius 1 is 1.16 bits per heavy atom. The van der Waals surface area contributed by atoms with Crippen molar-refractivity contribution < 1.29 is 27.9 Å². The highest BCUT2D eigenvalue weighted by Crippen LogP contribution is 2.25. The predicted octanol–water partition coefficient (Wildman–Crippen LogP) is 3.02. The summed E-state index contributed by atoms with van der Waals surface area (Å²) in [4.78, 5) is 42.1. The molecule has 1 saturated heterocycles. The number of nitrogens with zero attached hydrogens (tertiary/aromatic N) is 3. The number of aromatic nitrogens is 1. The summed E-state index contributed by atoms with van der Waals surface area (Å²) in [5.74, 6) is -2.78. The van der Waals surface area contributed by atoms with Crippen LogP contribution in [0.5, 0.6) is 0 Å². The van der Waals surface area contributed by atoms with Gasteiger partial charge >= 0.3 is 0 Å². The first-order chi connectivity index (χ1) is 14.9. The minimum atomic E-state index is -0.760. The van der Waals surface area contributed by atoms with Crippen molar-refractivity contribution in [2.45, 2.75) is 19.4 Å².